The van der Waals surface area contributed by atoms with Crippen molar-refractivity contribution in [1.29, 1.82) is 0 Å². The molecule has 0 N–H and O–H groups in total. The average Bonchev–Trinajstić information content (AvgIpc) is 3.13. The fourth-order valence-electron chi connectivity index (χ4n) is 5.86. The number of nitrogens with zero attached hydrogens (tertiary/aromatic N) is 2. The largest absolute Gasteiger partial charge is 0.497 e. The number of esters is 1. The summed E-state index contributed by atoms with van der Waals surface area (Å²) in [6, 6.07) is 17.0. The van der Waals surface area contributed by atoms with E-state index in [0.717, 1.165) is 36.2 Å². The van der Waals surface area contributed by atoms with Gasteiger partial charge in [0.15, 0.2) is 0 Å². The number of carbonyl (C=O) groups excluding carboxylic acids is 1. The molecule has 2 aliphatic rings. The van der Waals surface area contributed by atoms with Crippen molar-refractivity contribution in [1.82, 2.24) is 9.47 Å². The van der Waals surface area contributed by atoms with Crippen molar-refractivity contribution in [2.75, 3.05) is 20.8 Å². The normalized spacial score (nSPS) is 23.9. The number of para-hydroxylation sites is 1. The number of ether oxygens (including phenoxy) is 2. The molecule has 5 nitrogen and oxygen atoms in total. The third kappa shape index (κ3) is 3.15. The highest BCUT2D eigenvalue weighted by Crippen LogP contribution is 2.53. The maximum absolute atomic E-state index is 13.1. The van der Waals surface area contributed by atoms with Gasteiger partial charge >= 0.3 is 5.97 Å². The third-order valence-electron chi connectivity index (χ3n) is 7.37. The molecule has 166 valence electrons. The van der Waals surface area contributed by atoms with Crippen LogP contribution in [0, 0.1) is 5.92 Å². The molecule has 2 aromatic carbocycles. The van der Waals surface area contributed by atoms with Gasteiger partial charge in [0.25, 0.3) is 0 Å². The quantitative estimate of drug-likeness (QED) is 0.433. The zero-order chi connectivity index (χ0) is 22.4. The SMILES string of the molecule is C/C=C1/CN(Cc2ccc(OC)cc2)[C@@H]2C[C@H]1[C@@H](C(=O)OC)c1c2n(C)c2ccccc12. The van der Waals surface area contributed by atoms with Crippen molar-refractivity contribution in [2.24, 2.45) is 13.0 Å². The van der Waals surface area contributed by atoms with Crippen LogP contribution in [0.25, 0.3) is 10.9 Å². The van der Waals surface area contributed by atoms with Crippen LogP contribution in [0.1, 0.15) is 42.1 Å². The van der Waals surface area contributed by atoms with Gasteiger partial charge < -0.3 is 14.0 Å². The molecule has 2 bridgehead atoms. The minimum absolute atomic E-state index is 0.131. The molecule has 5 heteroatoms. The van der Waals surface area contributed by atoms with E-state index >= 15 is 0 Å². The van der Waals surface area contributed by atoms with Crippen LogP contribution >= 0.6 is 0 Å². The predicted molar refractivity (Wildman–Crippen MR) is 126 cm³/mol. The number of fused-ring (bicyclic) bond motifs is 6. The molecule has 32 heavy (non-hydrogen) atoms. The van der Waals surface area contributed by atoms with Gasteiger partial charge in [-0.1, -0.05) is 42.0 Å². The maximum Gasteiger partial charge on any atom is 0.313 e. The first kappa shape index (κ1) is 20.8. The zero-order valence-corrected chi connectivity index (χ0v) is 19.2. The number of likely N-dealkylation sites (tertiary alicyclic amines) is 1. The molecule has 1 aliphatic carbocycles. The number of benzene rings is 2. The van der Waals surface area contributed by atoms with Gasteiger partial charge in [-0.05, 0) is 42.7 Å². The van der Waals surface area contributed by atoms with Gasteiger partial charge in [-0.15, -0.1) is 0 Å². The number of rotatable bonds is 4. The maximum atomic E-state index is 13.1. The van der Waals surface area contributed by atoms with E-state index in [-0.39, 0.29) is 23.8 Å². The molecule has 0 saturated carbocycles. The first-order chi connectivity index (χ1) is 15.6. The van der Waals surface area contributed by atoms with Gasteiger partial charge in [-0.3, -0.25) is 9.69 Å². The minimum Gasteiger partial charge on any atom is -0.497 e. The highest BCUT2D eigenvalue weighted by atomic mass is 16.5. The van der Waals surface area contributed by atoms with Crippen molar-refractivity contribution in [3.63, 3.8) is 0 Å². The molecule has 0 spiro atoms. The molecule has 5 rings (SSSR count). The van der Waals surface area contributed by atoms with Crippen molar-refractivity contribution in [3.05, 3.63) is 77.0 Å². The molecule has 1 saturated heterocycles. The highest BCUT2D eigenvalue weighted by molar-refractivity contribution is 5.93. The molecule has 0 radical (unpaired) electrons. The summed E-state index contributed by atoms with van der Waals surface area (Å²) in [6.07, 6.45) is 3.13. The van der Waals surface area contributed by atoms with E-state index in [0.29, 0.717) is 0 Å². The number of piperidine rings is 1. The van der Waals surface area contributed by atoms with E-state index in [1.54, 1.807) is 7.11 Å². The van der Waals surface area contributed by atoms with Gasteiger partial charge in [-0.25, -0.2) is 0 Å². The molecule has 1 aromatic heterocycles. The number of allylic oxidation sites excluding steroid dienone is 1. The number of carbonyl (C=O) groups is 1. The van der Waals surface area contributed by atoms with Gasteiger partial charge in [0.1, 0.15) is 5.75 Å². The second kappa shape index (κ2) is 8.14. The Balaban J connectivity index is 1.65. The Hall–Kier alpha value is -3.05. The van der Waals surface area contributed by atoms with Crippen LogP contribution in [0.4, 0.5) is 0 Å². The van der Waals surface area contributed by atoms with Crippen molar-refractivity contribution >= 4 is 16.9 Å². The fraction of sp³-hybridized carbons (Fsp3) is 0.370. The van der Waals surface area contributed by atoms with Crippen molar-refractivity contribution in [2.45, 2.75) is 31.8 Å². The van der Waals surface area contributed by atoms with E-state index in [1.807, 2.05) is 12.1 Å². The molecule has 2 heterocycles. The van der Waals surface area contributed by atoms with Gasteiger partial charge in [0, 0.05) is 42.7 Å². The van der Waals surface area contributed by atoms with E-state index in [4.69, 9.17) is 9.47 Å². The first-order valence-electron chi connectivity index (χ1n) is 11.2. The molecule has 1 aliphatic heterocycles. The van der Waals surface area contributed by atoms with Crippen LogP contribution in [-0.2, 0) is 23.1 Å². The summed E-state index contributed by atoms with van der Waals surface area (Å²) in [5, 5.41) is 1.16. The Morgan fingerprint density at radius 3 is 2.56 bits per heavy atom. The van der Waals surface area contributed by atoms with Crippen LogP contribution in [0.3, 0.4) is 0 Å². The Kier molecular flexibility index (Phi) is 5.30. The Morgan fingerprint density at radius 1 is 1.12 bits per heavy atom. The molecule has 1 fully saturated rings. The average molecular weight is 431 g/mol. The smallest absolute Gasteiger partial charge is 0.313 e. The zero-order valence-electron chi connectivity index (χ0n) is 19.2. The number of methoxy groups -OCH3 is 2. The standard InChI is InChI=1S/C27H30N2O3/c1-5-18-16-29(15-17-10-12-19(31-3)13-11-17)23-14-21(18)25(27(30)32-4)24-20-8-6-7-9-22(20)28(2)26(23)24/h5-13,21,23,25H,14-16H2,1-4H3/b18-5-/t21-,23-,25-/m1/s1. The summed E-state index contributed by atoms with van der Waals surface area (Å²) < 4.78 is 13.0. The summed E-state index contributed by atoms with van der Waals surface area (Å²) in [5.74, 6) is 0.653. The van der Waals surface area contributed by atoms with Gasteiger partial charge in [0.05, 0.1) is 26.2 Å². The monoisotopic (exact) mass is 430 g/mol. The van der Waals surface area contributed by atoms with E-state index in [2.05, 4.69) is 65.9 Å². The number of hydrogen-bond donors (Lipinski definition) is 0. The predicted octanol–water partition coefficient (Wildman–Crippen LogP) is 4.97. The van der Waals surface area contributed by atoms with Gasteiger partial charge in [-0.2, -0.15) is 0 Å². The number of hydrogen-bond acceptors (Lipinski definition) is 4. The summed E-state index contributed by atoms with van der Waals surface area (Å²) in [6.45, 7) is 3.79. The van der Waals surface area contributed by atoms with Crippen LogP contribution in [-0.4, -0.2) is 36.2 Å². The van der Waals surface area contributed by atoms with Crippen molar-refractivity contribution < 1.29 is 14.3 Å². The highest BCUT2D eigenvalue weighted by Gasteiger charge is 2.48. The molecule has 0 unspecified atom stereocenters. The first-order valence-corrected chi connectivity index (χ1v) is 11.2. The topological polar surface area (TPSA) is 43.7 Å². The molecular formula is C27H30N2O3. The molecule has 0 amide bonds. The second-order valence-corrected chi connectivity index (χ2v) is 8.85. The summed E-state index contributed by atoms with van der Waals surface area (Å²) in [5.41, 5.74) is 6.15. The van der Waals surface area contributed by atoms with Crippen LogP contribution in [0.5, 0.6) is 5.75 Å². The van der Waals surface area contributed by atoms with Crippen LogP contribution in [0.15, 0.2) is 60.2 Å². The number of aromatic nitrogens is 1. The van der Waals surface area contributed by atoms with E-state index in [9.17, 15) is 4.79 Å². The lowest BCUT2D eigenvalue weighted by Crippen LogP contribution is -2.45. The second-order valence-electron chi connectivity index (χ2n) is 8.85. The summed E-state index contributed by atoms with van der Waals surface area (Å²) >= 11 is 0. The van der Waals surface area contributed by atoms with E-state index < -0.39 is 0 Å². The number of aryl methyl sites for hydroxylation is 1. The summed E-state index contributed by atoms with van der Waals surface area (Å²) in [7, 11) is 5.33. The van der Waals surface area contributed by atoms with Crippen LogP contribution < -0.4 is 4.74 Å². The van der Waals surface area contributed by atoms with Crippen molar-refractivity contribution in [3.8, 4) is 5.75 Å². The lowest BCUT2D eigenvalue weighted by Gasteiger charge is -2.47. The minimum atomic E-state index is -0.258. The molecule has 3 aromatic rings. The Labute approximate surface area is 189 Å². The Morgan fingerprint density at radius 2 is 1.88 bits per heavy atom. The van der Waals surface area contributed by atoms with Gasteiger partial charge in [0.2, 0.25) is 0 Å². The lowest BCUT2D eigenvalue weighted by atomic mass is 9.68. The Bertz CT molecular complexity index is 1190. The molecule has 3 atom stereocenters. The third-order valence-corrected chi connectivity index (χ3v) is 7.37. The van der Waals surface area contributed by atoms with Crippen LogP contribution in [0.2, 0.25) is 0 Å². The fourth-order valence-corrected chi connectivity index (χ4v) is 5.86. The molecular weight excluding hydrogens is 400 g/mol. The summed E-state index contributed by atoms with van der Waals surface area (Å²) in [4.78, 5) is 15.6. The lowest BCUT2D eigenvalue weighted by molar-refractivity contribution is -0.144. The van der Waals surface area contributed by atoms with E-state index in [1.165, 1.54) is 29.5 Å².